The molecule has 0 spiro atoms. The van der Waals surface area contributed by atoms with Crippen LogP contribution in [0.4, 0.5) is 0 Å². The van der Waals surface area contributed by atoms with Gasteiger partial charge in [0.25, 0.3) is 0 Å². The number of aryl methyl sites for hydroxylation is 1. The second-order valence-corrected chi connectivity index (χ2v) is 3.76. The quantitative estimate of drug-likeness (QED) is 0.766. The third kappa shape index (κ3) is 1.42. The molecule has 0 saturated heterocycles. The standard InChI is InChI=1S/C9H9BrN2O/c1-12-5-6-3-7(10)4-8(13-2)9(6)11-12/h3-5H,1-2H3. The molecule has 0 fully saturated rings. The molecular weight excluding hydrogens is 232 g/mol. The average Bonchev–Trinajstić information content (AvgIpc) is 2.43. The van der Waals surface area contributed by atoms with Gasteiger partial charge in [-0.1, -0.05) is 15.9 Å². The van der Waals surface area contributed by atoms with Gasteiger partial charge in [0.1, 0.15) is 11.3 Å². The fourth-order valence-electron chi connectivity index (χ4n) is 1.34. The molecule has 13 heavy (non-hydrogen) atoms. The van der Waals surface area contributed by atoms with Gasteiger partial charge in [0, 0.05) is 23.1 Å². The second-order valence-electron chi connectivity index (χ2n) is 2.85. The Morgan fingerprint density at radius 1 is 1.46 bits per heavy atom. The van der Waals surface area contributed by atoms with E-state index < -0.39 is 0 Å². The summed E-state index contributed by atoms with van der Waals surface area (Å²) >= 11 is 3.42. The van der Waals surface area contributed by atoms with Gasteiger partial charge in [-0.15, -0.1) is 0 Å². The predicted octanol–water partition coefficient (Wildman–Crippen LogP) is 2.34. The van der Waals surface area contributed by atoms with Crippen LogP contribution in [0.25, 0.3) is 10.9 Å². The van der Waals surface area contributed by atoms with Gasteiger partial charge in [0.05, 0.1) is 7.11 Å². The van der Waals surface area contributed by atoms with E-state index in [1.807, 2.05) is 25.4 Å². The van der Waals surface area contributed by atoms with Crippen LogP contribution >= 0.6 is 15.9 Å². The van der Waals surface area contributed by atoms with Crippen molar-refractivity contribution in [3.63, 3.8) is 0 Å². The first-order valence-electron chi connectivity index (χ1n) is 3.87. The van der Waals surface area contributed by atoms with E-state index in [4.69, 9.17) is 4.74 Å². The van der Waals surface area contributed by atoms with Crippen molar-refractivity contribution in [2.24, 2.45) is 7.05 Å². The van der Waals surface area contributed by atoms with E-state index >= 15 is 0 Å². The summed E-state index contributed by atoms with van der Waals surface area (Å²) in [5.74, 6) is 0.796. The second kappa shape index (κ2) is 3.03. The van der Waals surface area contributed by atoms with Gasteiger partial charge in [-0.05, 0) is 12.1 Å². The molecule has 1 aromatic carbocycles. The molecule has 0 radical (unpaired) electrons. The summed E-state index contributed by atoms with van der Waals surface area (Å²) in [7, 11) is 3.54. The maximum atomic E-state index is 5.22. The van der Waals surface area contributed by atoms with Crippen molar-refractivity contribution in [3.8, 4) is 5.75 Å². The topological polar surface area (TPSA) is 27.1 Å². The molecule has 0 amide bonds. The van der Waals surface area contributed by atoms with Gasteiger partial charge in [0.15, 0.2) is 0 Å². The van der Waals surface area contributed by atoms with E-state index in [1.165, 1.54) is 0 Å². The number of ether oxygens (including phenoxy) is 1. The first-order valence-corrected chi connectivity index (χ1v) is 4.67. The number of hydrogen-bond acceptors (Lipinski definition) is 2. The van der Waals surface area contributed by atoms with Crippen molar-refractivity contribution in [1.29, 1.82) is 0 Å². The Morgan fingerprint density at radius 3 is 2.92 bits per heavy atom. The van der Waals surface area contributed by atoms with Crippen LogP contribution in [0.3, 0.4) is 0 Å². The van der Waals surface area contributed by atoms with E-state index in [0.29, 0.717) is 0 Å². The molecule has 0 aliphatic carbocycles. The Bertz CT molecular complexity index is 450. The number of aromatic nitrogens is 2. The number of nitrogens with zero attached hydrogens (tertiary/aromatic N) is 2. The predicted molar refractivity (Wildman–Crippen MR) is 55.0 cm³/mol. The third-order valence-corrected chi connectivity index (χ3v) is 2.33. The van der Waals surface area contributed by atoms with Crippen molar-refractivity contribution in [2.45, 2.75) is 0 Å². The van der Waals surface area contributed by atoms with Crippen molar-refractivity contribution >= 4 is 26.8 Å². The van der Waals surface area contributed by atoms with Gasteiger partial charge in [-0.3, -0.25) is 4.68 Å². The first-order chi connectivity index (χ1) is 6.20. The Labute approximate surface area is 84.4 Å². The number of rotatable bonds is 1. The van der Waals surface area contributed by atoms with Crippen LogP contribution in [0.15, 0.2) is 22.8 Å². The molecule has 2 rings (SSSR count). The molecule has 0 saturated carbocycles. The van der Waals surface area contributed by atoms with Crippen LogP contribution in [0, 0.1) is 0 Å². The molecule has 0 N–H and O–H groups in total. The molecule has 4 heteroatoms. The molecular formula is C9H9BrN2O. The largest absolute Gasteiger partial charge is 0.494 e. The number of hydrogen-bond donors (Lipinski definition) is 0. The van der Waals surface area contributed by atoms with Gasteiger partial charge < -0.3 is 4.74 Å². The van der Waals surface area contributed by atoms with Gasteiger partial charge in [-0.2, -0.15) is 5.10 Å². The molecule has 2 aromatic rings. The number of halogens is 1. The fourth-order valence-corrected chi connectivity index (χ4v) is 1.80. The average molecular weight is 241 g/mol. The van der Waals surface area contributed by atoms with Crippen molar-refractivity contribution in [2.75, 3.05) is 7.11 Å². The molecule has 0 unspecified atom stereocenters. The molecule has 3 nitrogen and oxygen atoms in total. The summed E-state index contributed by atoms with van der Waals surface area (Å²) in [5.41, 5.74) is 0.896. The van der Waals surface area contributed by atoms with E-state index in [2.05, 4.69) is 21.0 Å². The number of fused-ring (bicyclic) bond motifs is 1. The molecule has 0 atom stereocenters. The maximum Gasteiger partial charge on any atom is 0.148 e. The highest BCUT2D eigenvalue weighted by molar-refractivity contribution is 9.10. The summed E-state index contributed by atoms with van der Waals surface area (Å²) in [6.07, 6.45) is 1.96. The third-order valence-electron chi connectivity index (χ3n) is 1.87. The zero-order chi connectivity index (χ0) is 9.42. The van der Waals surface area contributed by atoms with E-state index in [-0.39, 0.29) is 0 Å². The molecule has 68 valence electrons. The Kier molecular flexibility index (Phi) is 2.00. The van der Waals surface area contributed by atoms with Gasteiger partial charge in [0.2, 0.25) is 0 Å². The first kappa shape index (κ1) is 8.56. The minimum absolute atomic E-state index is 0.796. The summed E-state index contributed by atoms with van der Waals surface area (Å²) in [6.45, 7) is 0. The Balaban J connectivity index is 2.80. The molecule has 0 aliphatic rings. The minimum atomic E-state index is 0.796. The highest BCUT2D eigenvalue weighted by atomic mass is 79.9. The van der Waals surface area contributed by atoms with Crippen LogP contribution in [0.2, 0.25) is 0 Å². The minimum Gasteiger partial charge on any atom is -0.494 e. The lowest BCUT2D eigenvalue weighted by molar-refractivity contribution is 0.418. The number of methoxy groups -OCH3 is 1. The van der Waals surface area contributed by atoms with Gasteiger partial charge in [-0.25, -0.2) is 0 Å². The summed E-state index contributed by atoms with van der Waals surface area (Å²) in [6, 6.07) is 3.93. The van der Waals surface area contributed by atoms with Crippen LogP contribution in [0.5, 0.6) is 5.75 Å². The lowest BCUT2D eigenvalue weighted by Crippen LogP contribution is -1.87. The zero-order valence-electron chi connectivity index (χ0n) is 7.41. The van der Waals surface area contributed by atoms with Crippen molar-refractivity contribution in [3.05, 3.63) is 22.8 Å². The summed E-state index contributed by atoms with van der Waals surface area (Å²) < 4.78 is 8.00. The fraction of sp³-hybridized carbons (Fsp3) is 0.222. The monoisotopic (exact) mass is 240 g/mol. The molecule has 0 aliphatic heterocycles. The van der Waals surface area contributed by atoms with Crippen molar-refractivity contribution < 1.29 is 4.74 Å². The summed E-state index contributed by atoms with van der Waals surface area (Å²) in [4.78, 5) is 0. The Hall–Kier alpha value is -1.03. The van der Waals surface area contributed by atoms with E-state index in [9.17, 15) is 0 Å². The van der Waals surface area contributed by atoms with Crippen LogP contribution in [-0.4, -0.2) is 16.9 Å². The molecule has 0 bridgehead atoms. The highest BCUT2D eigenvalue weighted by Crippen LogP contribution is 2.28. The SMILES string of the molecule is COc1cc(Br)cc2cn(C)nc12. The van der Waals surface area contributed by atoms with E-state index in [1.54, 1.807) is 11.8 Å². The molecule has 1 aromatic heterocycles. The Morgan fingerprint density at radius 2 is 2.23 bits per heavy atom. The zero-order valence-corrected chi connectivity index (χ0v) is 9.00. The van der Waals surface area contributed by atoms with Crippen LogP contribution in [0.1, 0.15) is 0 Å². The normalized spacial score (nSPS) is 10.7. The lowest BCUT2D eigenvalue weighted by Gasteiger charge is -2.00. The highest BCUT2D eigenvalue weighted by Gasteiger charge is 2.06. The maximum absolute atomic E-state index is 5.22. The lowest BCUT2D eigenvalue weighted by atomic mass is 10.2. The van der Waals surface area contributed by atoms with E-state index in [0.717, 1.165) is 21.1 Å². The smallest absolute Gasteiger partial charge is 0.148 e. The summed E-state index contributed by atoms with van der Waals surface area (Å²) in [5, 5.41) is 5.37. The van der Waals surface area contributed by atoms with Crippen LogP contribution in [-0.2, 0) is 7.05 Å². The molecule has 1 heterocycles. The van der Waals surface area contributed by atoms with Crippen molar-refractivity contribution in [1.82, 2.24) is 9.78 Å². The number of benzene rings is 1. The van der Waals surface area contributed by atoms with Gasteiger partial charge >= 0.3 is 0 Å². The van der Waals surface area contributed by atoms with Crippen LogP contribution < -0.4 is 4.74 Å².